The molecule has 15 heavy (non-hydrogen) atoms. The minimum absolute atomic E-state index is 0.564. The zero-order valence-electron chi connectivity index (χ0n) is 9.36. The van der Waals surface area contributed by atoms with E-state index in [1.54, 1.807) is 7.11 Å². The summed E-state index contributed by atoms with van der Waals surface area (Å²) in [5.74, 6) is 1.53. The lowest BCUT2D eigenvalue weighted by Gasteiger charge is -2.33. The number of fused-ring (bicyclic) bond motifs is 1. The molecule has 82 valence electrons. The van der Waals surface area contributed by atoms with Crippen molar-refractivity contribution < 1.29 is 4.74 Å². The number of para-hydroxylation sites is 1. The molecule has 3 heteroatoms. The van der Waals surface area contributed by atoms with Crippen LogP contribution in [0.2, 0.25) is 0 Å². The van der Waals surface area contributed by atoms with E-state index in [0.29, 0.717) is 5.92 Å². The summed E-state index contributed by atoms with van der Waals surface area (Å²) in [6.45, 7) is 1.77. The minimum Gasteiger partial charge on any atom is -0.495 e. The Labute approximate surface area is 90.8 Å². The van der Waals surface area contributed by atoms with Crippen LogP contribution in [0.3, 0.4) is 0 Å². The largest absolute Gasteiger partial charge is 0.495 e. The van der Waals surface area contributed by atoms with E-state index in [1.165, 1.54) is 11.3 Å². The third-order valence-corrected chi connectivity index (χ3v) is 3.06. The maximum absolute atomic E-state index is 5.74. The van der Waals surface area contributed by atoms with Gasteiger partial charge >= 0.3 is 0 Å². The second-order valence-electron chi connectivity index (χ2n) is 4.15. The van der Waals surface area contributed by atoms with Gasteiger partial charge in [0.1, 0.15) is 5.75 Å². The van der Waals surface area contributed by atoms with E-state index in [9.17, 15) is 0 Å². The Morgan fingerprint density at radius 2 is 2.33 bits per heavy atom. The predicted octanol–water partition coefficient (Wildman–Crippen LogP) is 1.26. The molecule has 2 N–H and O–H groups in total. The van der Waals surface area contributed by atoms with Crippen molar-refractivity contribution in [3.05, 3.63) is 23.8 Å². The van der Waals surface area contributed by atoms with Crippen LogP contribution >= 0.6 is 0 Å². The Kier molecular flexibility index (Phi) is 2.82. The second kappa shape index (κ2) is 4.11. The number of rotatable bonds is 2. The third-order valence-electron chi connectivity index (χ3n) is 3.06. The fourth-order valence-corrected chi connectivity index (χ4v) is 2.34. The number of methoxy groups -OCH3 is 1. The first kappa shape index (κ1) is 10.3. The van der Waals surface area contributed by atoms with Crippen molar-refractivity contribution in [3.63, 3.8) is 0 Å². The summed E-state index contributed by atoms with van der Waals surface area (Å²) in [5, 5.41) is 0. The molecule has 0 radical (unpaired) electrons. The Balaban J connectivity index is 2.40. The van der Waals surface area contributed by atoms with E-state index in [1.807, 2.05) is 12.1 Å². The Morgan fingerprint density at radius 1 is 1.53 bits per heavy atom. The van der Waals surface area contributed by atoms with Gasteiger partial charge in [-0.05, 0) is 30.5 Å². The number of hydrogen-bond acceptors (Lipinski definition) is 3. The van der Waals surface area contributed by atoms with Gasteiger partial charge in [0.25, 0.3) is 0 Å². The lowest BCUT2D eigenvalue weighted by molar-refractivity contribution is 0.409. The van der Waals surface area contributed by atoms with Crippen molar-refractivity contribution >= 4 is 5.69 Å². The molecule has 1 aromatic carbocycles. The highest BCUT2D eigenvalue weighted by atomic mass is 16.5. The van der Waals surface area contributed by atoms with E-state index in [2.05, 4.69) is 18.0 Å². The lowest BCUT2D eigenvalue weighted by Crippen LogP contribution is -2.36. The summed E-state index contributed by atoms with van der Waals surface area (Å²) >= 11 is 0. The molecule has 0 saturated heterocycles. The highest BCUT2D eigenvalue weighted by Crippen LogP contribution is 2.36. The first-order chi connectivity index (χ1) is 7.26. The molecule has 0 aromatic heterocycles. The molecular formula is C12H18N2O. The van der Waals surface area contributed by atoms with E-state index < -0.39 is 0 Å². The summed E-state index contributed by atoms with van der Waals surface area (Å²) in [6.07, 6.45) is 1.06. The number of hydrogen-bond donors (Lipinski definition) is 1. The molecule has 1 aliphatic heterocycles. The summed E-state index contributed by atoms with van der Waals surface area (Å²) in [5.41, 5.74) is 8.31. The maximum atomic E-state index is 5.74. The average molecular weight is 206 g/mol. The van der Waals surface area contributed by atoms with Gasteiger partial charge in [0, 0.05) is 13.6 Å². The molecule has 0 unspecified atom stereocenters. The van der Waals surface area contributed by atoms with Crippen LogP contribution in [-0.2, 0) is 6.42 Å². The number of nitrogens with zero attached hydrogens (tertiary/aromatic N) is 1. The Bertz CT molecular complexity index is 351. The molecule has 2 rings (SSSR count). The van der Waals surface area contributed by atoms with Crippen LogP contribution in [0.4, 0.5) is 5.69 Å². The van der Waals surface area contributed by atoms with Gasteiger partial charge in [-0.1, -0.05) is 12.1 Å². The number of nitrogens with two attached hydrogens (primary N) is 1. The first-order valence-corrected chi connectivity index (χ1v) is 5.33. The van der Waals surface area contributed by atoms with Crippen LogP contribution in [0, 0.1) is 5.92 Å². The molecule has 0 saturated carbocycles. The molecule has 3 nitrogen and oxygen atoms in total. The monoisotopic (exact) mass is 206 g/mol. The van der Waals surface area contributed by atoms with Crippen molar-refractivity contribution in [2.75, 3.05) is 32.1 Å². The van der Waals surface area contributed by atoms with Gasteiger partial charge in [-0.25, -0.2) is 0 Å². The quantitative estimate of drug-likeness (QED) is 0.791. The normalized spacial score (nSPS) is 19.9. The van der Waals surface area contributed by atoms with E-state index >= 15 is 0 Å². The molecule has 1 heterocycles. The zero-order valence-corrected chi connectivity index (χ0v) is 9.36. The molecule has 0 amide bonds. The van der Waals surface area contributed by atoms with Gasteiger partial charge in [-0.15, -0.1) is 0 Å². The molecule has 0 bridgehead atoms. The van der Waals surface area contributed by atoms with Gasteiger partial charge in [-0.3, -0.25) is 0 Å². The van der Waals surface area contributed by atoms with Crippen molar-refractivity contribution in [3.8, 4) is 5.75 Å². The van der Waals surface area contributed by atoms with Gasteiger partial charge in [0.15, 0.2) is 0 Å². The van der Waals surface area contributed by atoms with E-state index in [4.69, 9.17) is 10.5 Å². The fourth-order valence-electron chi connectivity index (χ4n) is 2.34. The van der Waals surface area contributed by atoms with Crippen LogP contribution in [-0.4, -0.2) is 27.2 Å². The third kappa shape index (κ3) is 1.79. The average Bonchev–Trinajstić information content (AvgIpc) is 2.27. The van der Waals surface area contributed by atoms with Crippen LogP contribution in [0.5, 0.6) is 5.75 Å². The Morgan fingerprint density at radius 3 is 3.00 bits per heavy atom. The minimum atomic E-state index is 0.564. The van der Waals surface area contributed by atoms with Gasteiger partial charge < -0.3 is 15.4 Å². The standard InChI is InChI=1S/C12H18N2O/c1-14-8-9(7-13)6-10-4-3-5-11(15-2)12(10)14/h3-5,9H,6-8,13H2,1-2H3/t9-/m1/s1. The van der Waals surface area contributed by atoms with Gasteiger partial charge in [0.05, 0.1) is 12.8 Å². The number of benzene rings is 1. The summed E-state index contributed by atoms with van der Waals surface area (Å²) < 4.78 is 5.38. The topological polar surface area (TPSA) is 38.5 Å². The molecule has 1 aliphatic rings. The van der Waals surface area contributed by atoms with Crippen molar-refractivity contribution in [1.82, 2.24) is 0 Å². The van der Waals surface area contributed by atoms with E-state index in [-0.39, 0.29) is 0 Å². The van der Waals surface area contributed by atoms with Crippen LogP contribution in [0.1, 0.15) is 5.56 Å². The lowest BCUT2D eigenvalue weighted by atomic mass is 9.92. The fraction of sp³-hybridized carbons (Fsp3) is 0.500. The molecular weight excluding hydrogens is 188 g/mol. The highest BCUT2D eigenvalue weighted by Gasteiger charge is 2.23. The van der Waals surface area contributed by atoms with Crippen molar-refractivity contribution in [1.29, 1.82) is 0 Å². The SMILES string of the molecule is COc1cccc2c1N(C)C[C@@H](CN)C2. The molecule has 1 aromatic rings. The summed E-state index contributed by atoms with van der Waals surface area (Å²) in [4.78, 5) is 2.25. The number of anilines is 1. The second-order valence-corrected chi connectivity index (χ2v) is 4.15. The number of ether oxygens (including phenoxy) is 1. The van der Waals surface area contributed by atoms with Crippen LogP contribution in [0.25, 0.3) is 0 Å². The van der Waals surface area contributed by atoms with Gasteiger partial charge in [-0.2, -0.15) is 0 Å². The zero-order chi connectivity index (χ0) is 10.8. The highest BCUT2D eigenvalue weighted by molar-refractivity contribution is 5.65. The van der Waals surface area contributed by atoms with Gasteiger partial charge in [0.2, 0.25) is 0 Å². The Hall–Kier alpha value is -1.22. The molecule has 0 fully saturated rings. The molecule has 0 aliphatic carbocycles. The van der Waals surface area contributed by atoms with Crippen LogP contribution < -0.4 is 15.4 Å². The van der Waals surface area contributed by atoms with Crippen LogP contribution in [0.15, 0.2) is 18.2 Å². The molecule has 0 spiro atoms. The maximum Gasteiger partial charge on any atom is 0.142 e. The van der Waals surface area contributed by atoms with Crippen molar-refractivity contribution in [2.24, 2.45) is 11.7 Å². The van der Waals surface area contributed by atoms with Crippen molar-refractivity contribution in [2.45, 2.75) is 6.42 Å². The molecule has 1 atom stereocenters. The van der Waals surface area contributed by atoms with E-state index in [0.717, 1.165) is 25.3 Å². The predicted molar refractivity (Wildman–Crippen MR) is 62.5 cm³/mol. The smallest absolute Gasteiger partial charge is 0.142 e. The summed E-state index contributed by atoms with van der Waals surface area (Å²) in [7, 11) is 3.82. The summed E-state index contributed by atoms with van der Waals surface area (Å²) in [6, 6.07) is 6.22. The first-order valence-electron chi connectivity index (χ1n) is 5.33.